The van der Waals surface area contributed by atoms with Crippen molar-refractivity contribution >= 4 is 23.3 Å². The highest BCUT2D eigenvalue weighted by Crippen LogP contribution is 2.32. The number of anilines is 1. The summed E-state index contributed by atoms with van der Waals surface area (Å²) in [6.07, 6.45) is -1.15. The fourth-order valence-corrected chi connectivity index (χ4v) is 3.61. The van der Waals surface area contributed by atoms with E-state index in [0.717, 1.165) is 36.8 Å². The molecule has 2 N–H and O–H groups in total. The predicted molar refractivity (Wildman–Crippen MR) is 89.1 cm³/mol. The summed E-state index contributed by atoms with van der Waals surface area (Å²) in [6.45, 7) is 0.464. The van der Waals surface area contributed by atoms with Crippen molar-refractivity contribution in [3.8, 4) is 0 Å². The summed E-state index contributed by atoms with van der Waals surface area (Å²) in [6, 6.07) is 0.643. The van der Waals surface area contributed by atoms with Crippen molar-refractivity contribution in [1.82, 2.24) is 5.32 Å². The summed E-state index contributed by atoms with van der Waals surface area (Å²) in [5, 5.41) is 4.79. The minimum absolute atomic E-state index is 0.283. The Morgan fingerprint density at radius 1 is 1.28 bits per heavy atom. The van der Waals surface area contributed by atoms with Gasteiger partial charge < -0.3 is 15.4 Å². The zero-order valence-corrected chi connectivity index (χ0v) is 14.3. The molecule has 0 saturated carbocycles. The van der Waals surface area contributed by atoms with E-state index in [1.165, 1.54) is 0 Å². The molecule has 1 saturated heterocycles. The van der Waals surface area contributed by atoms with Gasteiger partial charge in [0.1, 0.15) is 6.04 Å². The van der Waals surface area contributed by atoms with Crippen LogP contribution in [0.1, 0.15) is 36.8 Å². The second kappa shape index (κ2) is 7.41. The smallest absolute Gasteiger partial charge is 0.378 e. The van der Waals surface area contributed by atoms with Crippen molar-refractivity contribution in [2.45, 2.75) is 56.8 Å². The first-order valence-electron chi connectivity index (χ1n) is 8.40. The van der Waals surface area contributed by atoms with Gasteiger partial charge in [0.2, 0.25) is 0 Å². The number of ether oxygens (including phenoxy) is 1. The number of carbonyl (C=O) groups excluding carboxylic acids is 1. The first kappa shape index (κ1) is 18.3. The number of rotatable bonds is 4. The van der Waals surface area contributed by atoms with E-state index in [2.05, 4.69) is 5.32 Å². The molecule has 1 heterocycles. The van der Waals surface area contributed by atoms with Gasteiger partial charge in [0.15, 0.2) is 0 Å². The third-order valence-electron chi connectivity index (χ3n) is 4.65. The van der Waals surface area contributed by atoms with Crippen LogP contribution in [0.3, 0.4) is 0 Å². The van der Waals surface area contributed by atoms with Crippen LogP contribution in [-0.4, -0.2) is 31.0 Å². The van der Waals surface area contributed by atoms with E-state index < -0.39 is 24.4 Å². The van der Waals surface area contributed by atoms with Crippen molar-refractivity contribution in [2.24, 2.45) is 0 Å². The van der Waals surface area contributed by atoms with E-state index in [0.29, 0.717) is 23.7 Å². The van der Waals surface area contributed by atoms with E-state index in [1.54, 1.807) is 12.1 Å². The lowest BCUT2D eigenvalue weighted by atomic mass is 10.1. The Bertz CT molecular complexity index is 646. The number of urea groups is 1. The molecule has 0 bridgehead atoms. The molecule has 1 aliphatic carbocycles. The fourth-order valence-electron chi connectivity index (χ4n) is 3.37. The van der Waals surface area contributed by atoms with Crippen LogP contribution in [0.5, 0.6) is 0 Å². The van der Waals surface area contributed by atoms with Crippen LogP contribution in [0.25, 0.3) is 0 Å². The van der Waals surface area contributed by atoms with Crippen LogP contribution < -0.4 is 10.6 Å². The molecule has 4 nitrogen and oxygen atoms in total. The number of amides is 2. The first-order chi connectivity index (χ1) is 11.8. The molecule has 1 aromatic carbocycles. The maximum atomic E-state index is 13.2. The molecule has 2 amide bonds. The van der Waals surface area contributed by atoms with Crippen LogP contribution in [0.4, 0.5) is 23.7 Å². The second-order valence-electron chi connectivity index (χ2n) is 6.52. The molecule has 0 aromatic heterocycles. The summed E-state index contributed by atoms with van der Waals surface area (Å²) in [7, 11) is 0. The minimum atomic E-state index is -4.54. The van der Waals surface area contributed by atoms with Gasteiger partial charge in [0.05, 0.1) is 16.8 Å². The standard InChI is InChI=1S/C17H20ClF3N2O2/c18-13-7-10-3-1-4-11(10)8-14(13)22-16(24)23-15(17(19,20)21)9-12-5-2-6-25-12/h7-8,12,15H,1-6,9H2,(H2,22,23,24). The van der Waals surface area contributed by atoms with Crippen LogP contribution in [0.15, 0.2) is 12.1 Å². The summed E-state index contributed by atoms with van der Waals surface area (Å²) in [4.78, 5) is 12.1. The third-order valence-corrected chi connectivity index (χ3v) is 4.97. The summed E-state index contributed by atoms with van der Waals surface area (Å²) >= 11 is 6.13. The lowest BCUT2D eigenvalue weighted by Crippen LogP contribution is -2.48. The summed E-state index contributed by atoms with van der Waals surface area (Å²) in [5.41, 5.74) is 2.53. The number of fused-ring (bicyclic) bond motifs is 1. The number of halogens is 4. The van der Waals surface area contributed by atoms with Gasteiger partial charge >= 0.3 is 12.2 Å². The van der Waals surface area contributed by atoms with E-state index in [1.807, 2.05) is 5.32 Å². The van der Waals surface area contributed by atoms with Crippen molar-refractivity contribution in [3.05, 3.63) is 28.3 Å². The quantitative estimate of drug-likeness (QED) is 0.815. The number of alkyl halides is 3. The fraction of sp³-hybridized carbons (Fsp3) is 0.588. The van der Waals surface area contributed by atoms with Gasteiger partial charge in [0, 0.05) is 13.0 Å². The van der Waals surface area contributed by atoms with Gasteiger partial charge in [-0.3, -0.25) is 0 Å². The molecule has 2 atom stereocenters. The zero-order valence-electron chi connectivity index (χ0n) is 13.6. The Morgan fingerprint density at radius 3 is 2.64 bits per heavy atom. The van der Waals surface area contributed by atoms with Gasteiger partial charge in [0.25, 0.3) is 0 Å². The highest BCUT2D eigenvalue weighted by molar-refractivity contribution is 6.33. The van der Waals surface area contributed by atoms with Crippen LogP contribution in [0.2, 0.25) is 5.02 Å². The van der Waals surface area contributed by atoms with E-state index in [4.69, 9.17) is 16.3 Å². The third kappa shape index (κ3) is 4.58. The summed E-state index contributed by atoms with van der Waals surface area (Å²) in [5.74, 6) is 0. The van der Waals surface area contributed by atoms with Crippen LogP contribution in [-0.2, 0) is 17.6 Å². The van der Waals surface area contributed by atoms with Crippen LogP contribution in [0, 0.1) is 0 Å². The molecule has 1 aliphatic heterocycles. The maximum Gasteiger partial charge on any atom is 0.408 e. The van der Waals surface area contributed by atoms with E-state index in [-0.39, 0.29) is 6.42 Å². The number of nitrogens with one attached hydrogen (secondary N) is 2. The molecule has 3 rings (SSSR count). The molecule has 0 radical (unpaired) electrons. The zero-order chi connectivity index (χ0) is 18.0. The SMILES string of the molecule is O=C(Nc1cc2c(cc1Cl)CCC2)NC(CC1CCCO1)C(F)(F)F. The number of carbonyl (C=O) groups is 1. The molecule has 2 aliphatic rings. The predicted octanol–water partition coefficient (Wildman–Crippen LogP) is 4.45. The van der Waals surface area contributed by atoms with Gasteiger partial charge in [-0.15, -0.1) is 0 Å². The Balaban J connectivity index is 1.65. The Hall–Kier alpha value is -1.47. The van der Waals surface area contributed by atoms with Crippen molar-refractivity contribution < 1.29 is 22.7 Å². The summed E-state index contributed by atoms with van der Waals surface area (Å²) < 4.78 is 44.9. The monoisotopic (exact) mass is 376 g/mol. The molecule has 1 aromatic rings. The highest BCUT2D eigenvalue weighted by atomic mass is 35.5. The van der Waals surface area contributed by atoms with Crippen molar-refractivity contribution in [2.75, 3.05) is 11.9 Å². The lowest BCUT2D eigenvalue weighted by molar-refractivity contribution is -0.159. The van der Waals surface area contributed by atoms with Crippen LogP contribution >= 0.6 is 11.6 Å². The van der Waals surface area contributed by atoms with Crippen molar-refractivity contribution in [3.63, 3.8) is 0 Å². The molecule has 0 spiro atoms. The normalized spacial score (nSPS) is 21.0. The van der Waals surface area contributed by atoms with Gasteiger partial charge in [-0.05, 0) is 55.4 Å². The first-order valence-corrected chi connectivity index (χ1v) is 8.78. The second-order valence-corrected chi connectivity index (χ2v) is 6.92. The molecule has 25 heavy (non-hydrogen) atoms. The highest BCUT2D eigenvalue weighted by Gasteiger charge is 2.42. The number of hydrogen-bond donors (Lipinski definition) is 2. The number of aryl methyl sites for hydroxylation is 2. The van der Waals surface area contributed by atoms with Gasteiger partial charge in [-0.2, -0.15) is 13.2 Å². The molecule has 2 unspecified atom stereocenters. The Labute approximate surface area is 149 Å². The maximum absolute atomic E-state index is 13.2. The Morgan fingerprint density at radius 2 is 2.00 bits per heavy atom. The van der Waals surface area contributed by atoms with Gasteiger partial charge in [-0.25, -0.2) is 4.79 Å². The molecular formula is C17H20ClF3N2O2. The van der Waals surface area contributed by atoms with Gasteiger partial charge in [-0.1, -0.05) is 11.6 Å². The lowest BCUT2D eigenvalue weighted by Gasteiger charge is -2.24. The molecule has 8 heteroatoms. The Kier molecular flexibility index (Phi) is 5.43. The largest absolute Gasteiger partial charge is 0.408 e. The topological polar surface area (TPSA) is 50.4 Å². The number of hydrogen-bond acceptors (Lipinski definition) is 2. The average Bonchev–Trinajstić information content (AvgIpc) is 3.17. The van der Waals surface area contributed by atoms with E-state index >= 15 is 0 Å². The molecular weight excluding hydrogens is 357 g/mol. The minimum Gasteiger partial charge on any atom is -0.378 e. The van der Waals surface area contributed by atoms with Crippen molar-refractivity contribution in [1.29, 1.82) is 0 Å². The molecule has 1 fully saturated rings. The van der Waals surface area contributed by atoms with E-state index in [9.17, 15) is 18.0 Å². The average molecular weight is 377 g/mol. The molecule has 138 valence electrons. The number of benzene rings is 1.